The van der Waals surface area contributed by atoms with Crippen LogP contribution in [0.1, 0.15) is 29.6 Å². The number of halogens is 4. The van der Waals surface area contributed by atoms with Gasteiger partial charge >= 0.3 is 0 Å². The molecule has 182 valence electrons. The highest BCUT2D eigenvalue weighted by molar-refractivity contribution is 9.10. The van der Waals surface area contributed by atoms with Crippen molar-refractivity contribution in [1.82, 2.24) is 19.9 Å². The van der Waals surface area contributed by atoms with Crippen molar-refractivity contribution in [3.05, 3.63) is 85.8 Å². The van der Waals surface area contributed by atoms with Crippen LogP contribution in [0.3, 0.4) is 0 Å². The quantitative estimate of drug-likeness (QED) is 0.440. The van der Waals surface area contributed by atoms with E-state index in [1.165, 1.54) is 23.0 Å². The minimum Gasteiger partial charge on any atom is -0.487 e. The Hall–Kier alpha value is -2.89. The first kappa shape index (κ1) is 27.4. The second-order valence-corrected chi connectivity index (χ2v) is 8.18. The van der Waals surface area contributed by atoms with Crippen LogP contribution in [0.15, 0.2) is 45.9 Å². The number of pyridine rings is 1. The van der Waals surface area contributed by atoms with Crippen molar-refractivity contribution in [2.75, 3.05) is 0 Å². The van der Waals surface area contributed by atoms with Crippen LogP contribution in [-0.4, -0.2) is 26.5 Å². The second kappa shape index (κ2) is 12.0. The predicted molar refractivity (Wildman–Crippen MR) is 128 cm³/mol. The summed E-state index contributed by atoms with van der Waals surface area (Å²) in [5.41, 5.74) is 6.98. The third kappa shape index (κ3) is 6.81. The Morgan fingerprint density at radius 1 is 1.24 bits per heavy atom. The van der Waals surface area contributed by atoms with Gasteiger partial charge in [-0.25, -0.2) is 8.78 Å². The Morgan fingerprint density at radius 2 is 1.91 bits per heavy atom. The summed E-state index contributed by atoms with van der Waals surface area (Å²) < 4.78 is 34.1. The average Bonchev–Trinajstić information content (AvgIpc) is 2.78. The van der Waals surface area contributed by atoms with E-state index in [0.717, 1.165) is 12.1 Å². The number of rotatable bonds is 8. The van der Waals surface area contributed by atoms with Crippen molar-refractivity contribution in [3.8, 4) is 5.75 Å². The highest BCUT2D eigenvalue weighted by Crippen LogP contribution is 2.24. The fraction of sp³-hybridized carbons (Fsp3) is 0.273. The maximum absolute atomic E-state index is 13.8. The lowest BCUT2D eigenvalue weighted by atomic mass is 10.2. The van der Waals surface area contributed by atoms with E-state index in [1.54, 1.807) is 19.9 Å². The molecule has 2 aromatic heterocycles. The summed E-state index contributed by atoms with van der Waals surface area (Å²) in [6.45, 7) is 3.50. The Kier molecular flexibility index (Phi) is 9.66. The summed E-state index contributed by atoms with van der Waals surface area (Å²) in [5.74, 6) is -1.46. The standard InChI is InChI=1S/C22H22BrF2N5O3.ClH/c1-12-5-19(33-11-14-3-4-15(24)6-18(14)25)20(23)22(32)30(12)10-17-9-27-16(7-28-17)8-29-21(31)13(2)26;/h3-7,9,13H,8,10-11,26H2,1-2H3,(H,29,31);1H/t13-;/m0./s1. The van der Waals surface area contributed by atoms with Gasteiger partial charge in [-0.15, -0.1) is 12.4 Å². The number of nitrogens with one attached hydrogen (secondary N) is 1. The van der Waals surface area contributed by atoms with E-state index in [-0.39, 0.29) is 59.4 Å². The van der Waals surface area contributed by atoms with E-state index in [1.807, 2.05) is 0 Å². The molecule has 0 saturated carbocycles. The highest BCUT2D eigenvalue weighted by Gasteiger charge is 2.14. The fourth-order valence-corrected chi connectivity index (χ4v) is 3.31. The van der Waals surface area contributed by atoms with Gasteiger partial charge in [0.05, 0.1) is 42.9 Å². The SMILES string of the molecule is Cc1cc(OCc2ccc(F)cc2F)c(Br)c(=O)n1Cc1cnc(CNC(=O)[C@H](C)N)cn1.Cl. The lowest BCUT2D eigenvalue weighted by Gasteiger charge is -2.14. The van der Waals surface area contributed by atoms with Gasteiger partial charge in [0.2, 0.25) is 5.91 Å². The molecule has 2 heterocycles. The first-order chi connectivity index (χ1) is 15.7. The minimum atomic E-state index is -0.727. The number of ether oxygens (including phenoxy) is 1. The number of carbonyl (C=O) groups excluding carboxylic acids is 1. The van der Waals surface area contributed by atoms with Gasteiger partial charge in [-0.1, -0.05) is 0 Å². The topological polar surface area (TPSA) is 112 Å². The summed E-state index contributed by atoms with van der Waals surface area (Å²) >= 11 is 3.24. The molecule has 8 nitrogen and oxygen atoms in total. The number of aryl methyl sites for hydroxylation is 1. The van der Waals surface area contributed by atoms with E-state index >= 15 is 0 Å². The van der Waals surface area contributed by atoms with Crippen molar-refractivity contribution in [2.45, 2.75) is 39.6 Å². The van der Waals surface area contributed by atoms with Crippen molar-refractivity contribution < 1.29 is 18.3 Å². The summed E-state index contributed by atoms with van der Waals surface area (Å²) in [7, 11) is 0. The maximum atomic E-state index is 13.8. The van der Waals surface area contributed by atoms with Crippen molar-refractivity contribution in [2.24, 2.45) is 5.73 Å². The maximum Gasteiger partial charge on any atom is 0.269 e. The van der Waals surface area contributed by atoms with E-state index in [2.05, 4.69) is 31.2 Å². The zero-order valence-electron chi connectivity index (χ0n) is 18.3. The Balaban J connectivity index is 0.00000408. The van der Waals surface area contributed by atoms with E-state index in [4.69, 9.17) is 10.5 Å². The molecule has 3 rings (SSSR count). The minimum absolute atomic E-state index is 0. The summed E-state index contributed by atoms with van der Waals surface area (Å²) in [6, 6.07) is 4.22. The first-order valence-electron chi connectivity index (χ1n) is 9.95. The largest absolute Gasteiger partial charge is 0.487 e. The monoisotopic (exact) mass is 557 g/mol. The predicted octanol–water partition coefficient (Wildman–Crippen LogP) is 3.00. The van der Waals surface area contributed by atoms with Crippen molar-refractivity contribution in [3.63, 3.8) is 0 Å². The van der Waals surface area contributed by atoms with Crippen molar-refractivity contribution >= 4 is 34.2 Å². The molecule has 0 aliphatic heterocycles. The highest BCUT2D eigenvalue weighted by atomic mass is 79.9. The molecular formula is C22H23BrClF2N5O3. The lowest BCUT2D eigenvalue weighted by Crippen LogP contribution is -2.38. The molecule has 12 heteroatoms. The van der Waals surface area contributed by atoms with Crippen LogP contribution < -0.4 is 21.3 Å². The summed E-state index contributed by atoms with van der Waals surface area (Å²) in [6.07, 6.45) is 3.04. The number of aromatic nitrogens is 3. The number of nitrogens with zero attached hydrogens (tertiary/aromatic N) is 3. The number of hydrogen-bond acceptors (Lipinski definition) is 6. The molecule has 0 saturated heterocycles. The van der Waals surface area contributed by atoms with Gasteiger partial charge in [0.15, 0.2) is 0 Å². The number of nitrogens with two attached hydrogens (primary N) is 1. The van der Waals surface area contributed by atoms with Crippen LogP contribution in [0, 0.1) is 18.6 Å². The second-order valence-electron chi connectivity index (χ2n) is 7.39. The smallest absolute Gasteiger partial charge is 0.269 e. The Bertz CT molecular complexity index is 1220. The molecule has 0 spiro atoms. The number of benzene rings is 1. The van der Waals surface area contributed by atoms with Gasteiger partial charge < -0.3 is 20.4 Å². The molecule has 0 unspecified atom stereocenters. The van der Waals surface area contributed by atoms with Crippen LogP contribution in [0.4, 0.5) is 8.78 Å². The molecule has 3 N–H and O–H groups in total. The molecular weight excluding hydrogens is 536 g/mol. The number of hydrogen-bond donors (Lipinski definition) is 2. The molecule has 1 amide bonds. The van der Waals surface area contributed by atoms with Crippen LogP contribution in [-0.2, 0) is 24.5 Å². The number of amides is 1. The third-order valence-electron chi connectivity index (χ3n) is 4.75. The van der Waals surface area contributed by atoms with Gasteiger partial charge in [-0.05, 0) is 41.9 Å². The van der Waals surface area contributed by atoms with Gasteiger partial charge in [-0.3, -0.25) is 19.6 Å². The van der Waals surface area contributed by atoms with Crippen LogP contribution in [0.2, 0.25) is 0 Å². The van der Waals surface area contributed by atoms with Gasteiger partial charge in [0.25, 0.3) is 5.56 Å². The molecule has 0 aliphatic rings. The van der Waals surface area contributed by atoms with Gasteiger partial charge in [0, 0.05) is 23.4 Å². The molecule has 1 aromatic carbocycles. The molecule has 0 aliphatic carbocycles. The molecule has 1 atom stereocenters. The van der Waals surface area contributed by atoms with E-state index in [0.29, 0.717) is 17.1 Å². The molecule has 0 bridgehead atoms. The van der Waals surface area contributed by atoms with E-state index in [9.17, 15) is 18.4 Å². The fourth-order valence-electron chi connectivity index (χ4n) is 2.87. The molecule has 0 fully saturated rings. The zero-order valence-corrected chi connectivity index (χ0v) is 20.8. The van der Waals surface area contributed by atoms with Gasteiger partial charge in [-0.2, -0.15) is 0 Å². The Labute approximate surface area is 209 Å². The molecule has 0 radical (unpaired) electrons. The summed E-state index contributed by atoms with van der Waals surface area (Å²) in [4.78, 5) is 32.9. The third-order valence-corrected chi connectivity index (χ3v) is 5.48. The van der Waals surface area contributed by atoms with Gasteiger partial charge in [0.1, 0.15) is 28.5 Å². The van der Waals surface area contributed by atoms with Crippen LogP contribution in [0.25, 0.3) is 0 Å². The average molecular weight is 559 g/mol. The van der Waals surface area contributed by atoms with Crippen LogP contribution in [0.5, 0.6) is 5.75 Å². The molecule has 34 heavy (non-hydrogen) atoms. The first-order valence-corrected chi connectivity index (χ1v) is 10.7. The zero-order chi connectivity index (χ0) is 24.1. The van der Waals surface area contributed by atoms with E-state index < -0.39 is 17.7 Å². The Morgan fingerprint density at radius 3 is 2.53 bits per heavy atom. The van der Waals surface area contributed by atoms with Crippen molar-refractivity contribution in [1.29, 1.82) is 0 Å². The lowest BCUT2D eigenvalue weighted by molar-refractivity contribution is -0.122. The summed E-state index contributed by atoms with van der Waals surface area (Å²) in [5, 5.41) is 2.65. The molecule has 3 aromatic rings. The van der Waals surface area contributed by atoms with Crippen LogP contribution >= 0.6 is 28.3 Å². The normalized spacial score (nSPS) is 11.5. The number of carbonyl (C=O) groups is 1.